The molecule has 0 aliphatic rings. The van der Waals surface area contributed by atoms with Crippen LogP contribution in [0.25, 0.3) is 0 Å². The van der Waals surface area contributed by atoms with Crippen LogP contribution in [-0.2, 0) is 6.42 Å². The van der Waals surface area contributed by atoms with Crippen LogP contribution in [-0.4, -0.2) is 10.9 Å². The van der Waals surface area contributed by atoms with Crippen molar-refractivity contribution in [2.45, 2.75) is 26.3 Å². The topological polar surface area (TPSA) is 42.0 Å². The van der Waals surface area contributed by atoms with E-state index in [0.29, 0.717) is 17.5 Å². The number of carbonyl (C=O) groups is 1. The lowest BCUT2D eigenvalue weighted by Crippen LogP contribution is -2.27. The Kier molecular flexibility index (Phi) is 4.91. The van der Waals surface area contributed by atoms with E-state index in [1.54, 1.807) is 31.2 Å². The molecule has 0 radical (unpaired) electrons. The second-order valence-corrected chi connectivity index (χ2v) is 5.13. The van der Waals surface area contributed by atoms with Crippen LogP contribution in [0.1, 0.15) is 41.5 Å². The molecule has 1 amide bonds. The molecule has 2 aromatic rings. The molecule has 1 unspecified atom stereocenters. The van der Waals surface area contributed by atoms with Gasteiger partial charge in [-0.3, -0.25) is 4.79 Å². The smallest absolute Gasteiger partial charge is 0.251 e. The Morgan fingerprint density at radius 1 is 1.38 bits per heavy atom. The molecule has 2 rings (SSSR count). The van der Waals surface area contributed by atoms with Crippen LogP contribution in [0, 0.1) is 5.82 Å². The molecule has 0 bridgehead atoms. The SMILES string of the molecule is CCc1cc(C(=O)NC(C)c2ccccc2F)cc(Cl)n1. The minimum atomic E-state index is -0.435. The van der Waals surface area contributed by atoms with E-state index < -0.39 is 6.04 Å². The zero-order valence-corrected chi connectivity index (χ0v) is 12.6. The summed E-state index contributed by atoms with van der Waals surface area (Å²) in [5.74, 6) is -0.642. The fraction of sp³-hybridized carbons (Fsp3) is 0.250. The zero-order valence-electron chi connectivity index (χ0n) is 11.9. The van der Waals surface area contributed by atoms with Gasteiger partial charge in [-0.05, 0) is 31.5 Å². The van der Waals surface area contributed by atoms with Crippen LogP contribution in [0.15, 0.2) is 36.4 Å². The van der Waals surface area contributed by atoms with E-state index in [-0.39, 0.29) is 16.9 Å². The molecule has 1 atom stereocenters. The summed E-state index contributed by atoms with van der Waals surface area (Å²) in [5.41, 5.74) is 1.61. The van der Waals surface area contributed by atoms with Crippen LogP contribution in [0.2, 0.25) is 5.15 Å². The quantitative estimate of drug-likeness (QED) is 0.870. The molecule has 110 valence electrons. The molecule has 1 aromatic heterocycles. The summed E-state index contributed by atoms with van der Waals surface area (Å²) in [6.45, 7) is 3.67. The Labute approximate surface area is 128 Å². The van der Waals surface area contributed by atoms with E-state index >= 15 is 0 Å². The first-order valence-corrected chi connectivity index (χ1v) is 7.10. The van der Waals surface area contributed by atoms with Gasteiger partial charge >= 0.3 is 0 Å². The average molecular weight is 307 g/mol. The van der Waals surface area contributed by atoms with Crippen molar-refractivity contribution in [2.24, 2.45) is 0 Å². The Morgan fingerprint density at radius 2 is 2.10 bits per heavy atom. The van der Waals surface area contributed by atoms with Gasteiger partial charge in [0.05, 0.1) is 6.04 Å². The maximum absolute atomic E-state index is 13.7. The molecule has 0 aliphatic heterocycles. The normalized spacial score (nSPS) is 12.0. The van der Waals surface area contributed by atoms with Crippen molar-refractivity contribution >= 4 is 17.5 Å². The molecule has 1 aromatic carbocycles. The van der Waals surface area contributed by atoms with Gasteiger partial charge in [0.1, 0.15) is 11.0 Å². The van der Waals surface area contributed by atoms with Gasteiger partial charge in [-0.15, -0.1) is 0 Å². The summed E-state index contributed by atoms with van der Waals surface area (Å²) in [4.78, 5) is 16.4. The lowest BCUT2D eigenvalue weighted by molar-refractivity contribution is 0.0939. The number of halogens is 2. The Hall–Kier alpha value is -1.94. The largest absolute Gasteiger partial charge is 0.345 e. The molecular weight excluding hydrogens is 291 g/mol. The monoisotopic (exact) mass is 306 g/mol. The second-order valence-electron chi connectivity index (χ2n) is 4.74. The molecule has 0 fully saturated rings. The van der Waals surface area contributed by atoms with Gasteiger partial charge in [-0.2, -0.15) is 0 Å². The molecule has 21 heavy (non-hydrogen) atoms. The number of aromatic nitrogens is 1. The van der Waals surface area contributed by atoms with Crippen molar-refractivity contribution in [3.05, 3.63) is 64.2 Å². The van der Waals surface area contributed by atoms with Crippen LogP contribution >= 0.6 is 11.6 Å². The van der Waals surface area contributed by atoms with Crippen molar-refractivity contribution in [1.82, 2.24) is 10.3 Å². The predicted octanol–water partition coefficient (Wildman–Crippen LogP) is 3.93. The van der Waals surface area contributed by atoms with E-state index in [2.05, 4.69) is 10.3 Å². The van der Waals surface area contributed by atoms with Gasteiger partial charge in [0.15, 0.2) is 0 Å². The van der Waals surface area contributed by atoms with Gasteiger partial charge in [-0.1, -0.05) is 36.7 Å². The first kappa shape index (κ1) is 15.4. The van der Waals surface area contributed by atoms with Crippen molar-refractivity contribution in [1.29, 1.82) is 0 Å². The summed E-state index contributed by atoms with van der Waals surface area (Å²) in [6.07, 6.45) is 0.684. The number of benzene rings is 1. The number of nitrogens with zero attached hydrogens (tertiary/aromatic N) is 1. The zero-order chi connectivity index (χ0) is 15.4. The minimum Gasteiger partial charge on any atom is -0.345 e. The predicted molar refractivity (Wildman–Crippen MR) is 80.9 cm³/mol. The van der Waals surface area contributed by atoms with E-state index in [0.717, 1.165) is 5.69 Å². The van der Waals surface area contributed by atoms with Crippen molar-refractivity contribution in [3.8, 4) is 0 Å². The molecule has 1 N–H and O–H groups in total. The van der Waals surface area contributed by atoms with E-state index in [1.807, 2.05) is 6.92 Å². The number of rotatable bonds is 4. The summed E-state index contributed by atoms with van der Waals surface area (Å²) in [7, 11) is 0. The summed E-state index contributed by atoms with van der Waals surface area (Å²) < 4.78 is 13.7. The highest BCUT2D eigenvalue weighted by Gasteiger charge is 2.15. The molecule has 0 aliphatic carbocycles. The van der Waals surface area contributed by atoms with E-state index in [4.69, 9.17) is 11.6 Å². The van der Waals surface area contributed by atoms with E-state index in [1.165, 1.54) is 12.1 Å². The first-order valence-electron chi connectivity index (χ1n) is 6.73. The summed E-state index contributed by atoms with van der Waals surface area (Å²) >= 11 is 5.90. The second kappa shape index (κ2) is 6.68. The lowest BCUT2D eigenvalue weighted by Gasteiger charge is -2.15. The number of amides is 1. The van der Waals surface area contributed by atoms with Gasteiger partial charge in [0.2, 0.25) is 0 Å². The standard InChI is InChI=1S/C16H16ClFN2O/c1-3-12-8-11(9-15(17)20-12)16(21)19-10(2)13-6-4-5-7-14(13)18/h4-10H,3H2,1-2H3,(H,19,21). The van der Waals surface area contributed by atoms with Crippen LogP contribution in [0.3, 0.4) is 0 Å². The summed E-state index contributed by atoms with van der Waals surface area (Å²) in [5, 5.41) is 3.04. The third-order valence-electron chi connectivity index (χ3n) is 3.19. The van der Waals surface area contributed by atoms with Gasteiger partial charge < -0.3 is 5.32 Å². The number of carbonyl (C=O) groups excluding carboxylic acids is 1. The van der Waals surface area contributed by atoms with Gasteiger partial charge in [0.25, 0.3) is 5.91 Å². The van der Waals surface area contributed by atoms with Crippen molar-refractivity contribution in [2.75, 3.05) is 0 Å². The number of aryl methyl sites for hydroxylation is 1. The maximum atomic E-state index is 13.7. The van der Waals surface area contributed by atoms with Crippen molar-refractivity contribution in [3.63, 3.8) is 0 Å². The molecule has 3 nitrogen and oxygen atoms in total. The average Bonchev–Trinajstić information content (AvgIpc) is 2.46. The van der Waals surface area contributed by atoms with Crippen LogP contribution in [0.4, 0.5) is 4.39 Å². The molecule has 5 heteroatoms. The Balaban J connectivity index is 2.18. The van der Waals surface area contributed by atoms with Gasteiger partial charge in [0, 0.05) is 16.8 Å². The third kappa shape index (κ3) is 3.79. The highest BCUT2D eigenvalue weighted by Crippen LogP contribution is 2.18. The molecular formula is C16H16ClFN2O. The van der Waals surface area contributed by atoms with Crippen LogP contribution < -0.4 is 5.32 Å². The van der Waals surface area contributed by atoms with Gasteiger partial charge in [-0.25, -0.2) is 9.37 Å². The third-order valence-corrected chi connectivity index (χ3v) is 3.38. The molecule has 1 heterocycles. The van der Waals surface area contributed by atoms with Crippen molar-refractivity contribution < 1.29 is 9.18 Å². The molecule has 0 saturated carbocycles. The van der Waals surface area contributed by atoms with E-state index in [9.17, 15) is 9.18 Å². The first-order chi connectivity index (χ1) is 10.0. The number of hydrogen-bond donors (Lipinski definition) is 1. The highest BCUT2D eigenvalue weighted by molar-refractivity contribution is 6.29. The number of hydrogen-bond acceptors (Lipinski definition) is 2. The number of nitrogens with one attached hydrogen (secondary N) is 1. The van der Waals surface area contributed by atoms with Crippen LogP contribution in [0.5, 0.6) is 0 Å². The fourth-order valence-corrected chi connectivity index (χ4v) is 2.27. The molecule has 0 saturated heterocycles. The maximum Gasteiger partial charge on any atom is 0.251 e. The Bertz CT molecular complexity index is 660. The Morgan fingerprint density at radius 3 is 2.76 bits per heavy atom. The number of pyridine rings is 1. The highest BCUT2D eigenvalue weighted by atomic mass is 35.5. The summed E-state index contributed by atoms with van der Waals surface area (Å²) in [6, 6.07) is 9.13. The minimum absolute atomic E-state index is 0.276. The molecule has 0 spiro atoms. The lowest BCUT2D eigenvalue weighted by atomic mass is 10.1. The fourth-order valence-electron chi connectivity index (χ4n) is 2.05.